The number of hydrogen-bond acceptors (Lipinski definition) is 6. The van der Waals surface area contributed by atoms with Crippen LogP contribution in [-0.4, -0.2) is 36.3 Å². The maximum Gasteiger partial charge on any atom is 0.310 e. The third-order valence-corrected chi connectivity index (χ3v) is 3.46. The topological polar surface area (TPSA) is 105 Å². The van der Waals surface area contributed by atoms with E-state index in [9.17, 15) is 24.6 Å². The van der Waals surface area contributed by atoms with Gasteiger partial charge in [0.1, 0.15) is 13.3 Å². The first-order valence-corrected chi connectivity index (χ1v) is 7.99. The SMILES string of the molecule is O=[N+]([O-])c1ccc(C=Cc2ccc([N+](=O)[O-])c(OCCOCCF)c2)cc1. The van der Waals surface area contributed by atoms with Crippen LogP contribution in [-0.2, 0) is 4.74 Å². The van der Waals surface area contributed by atoms with Gasteiger partial charge in [-0.1, -0.05) is 12.2 Å². The van der Waals surface area contributed by atoms with E-state index in [1.807, 2.05) is 0 Å². The lowest BCUT2D eigenvalue weighted by Gasteiger charge is -2.08. The molecule has 2 rings (SSSR count). The summed E-state index contributed by atoms with van der Waals surface area (Å²) in [6.45, 7) is -0.493. The van der Waals surface area contributed by atoms with Crippen molar-refractivity contribution in [3.05, 3.63) is 73.8 Å². The Morgan fingerprint density at radius 3 is 2.19 bits per heavy atom. The first-order valence-electron chi connectivity index (χ1n) is 7.99. The summed E-state index contributed by atoms with van der Waals surface area (Å²) >= 11 is 0. The van der Waals surface area contributed by atoms with E-state index in [1.54, 1.807) is 30.4 Å². The van der Waals surface area contributed by atoms with Crippen molar-refractivity contribution >= 4 is 23.5 Å². The fourth-order valence-electron chi connectivity index (χ4n) is 2.17. The molecule has 0 unspecified atom stereocenters. The van der Waals surface area contributed by atoms with Crippen molar-refractivity contribution in [3.8, 4) is 5.75 Å². The monoisotopic (exact) mass is 376 g/mol. The molecular formula is C18H17FN2O6. The summed E-state index contributed by atoms with van der Waals surface area (Å²) in [5.74, 6) is 0.0784. The van der Waals surface area contributed by atoms with Crippen molar-refractivity contribution in [1.29, 1.82) is 0 Å². The number of benzene rings is 2. The highest BCUT2D eigenvalue weighted by Gasteiger charge is 2.15. The Labute approximate surface area is 154 Å². The second-order valence-electron chi connectivity index (χ2n) is 5.32. The van der Waals surface area contributed by atoms with Crippen molar-refractivity contribution in [1.82, 2.24) is 0 Å². The second-order valence-corrected chi connectivity index (χ2v) is 5.32. The molecule has 0 fully saturated rings. The first kappa shape index (κ1) is 20.0. The van der Waals surface area contributed by atoms with Crippen LogP contribution < -0.4 is 4.74 Å². The number of nitrogens with zero attached hydrogens (tertiary/aromatic N) is 2. The Morgan fingerprint density at radius 1 is 0.889 bits per heavy atom. The van der Waals surface area contributed by atoms with Gasteiger partial charge in [0.2, 0.25) is 0 Å². The predicted molar refractivity (Wildman–Crippen MR) is 97.4 cm³/mol. The van der Waals surface area contributed by atoms with Crippen molar-refractivity contribution < 1.29 is 23.7 Å². The number of hydrogen-bond donors (Lipinski definition) is 0. The van der Waals surface area contributed by atoms with Crippen LogP contribution in [0.1, 0.15) is 11.1 Å². The molecule has 0 aliphatic rings. The van der Waals surface area contributed by atoms with Crippen molar-refractivity contribution in [3.63, 3.8) is 0 Å². The summed E-state index contributed by atoms with van der Waals surface area (Å²) in [6.07, 6.45) is 3.43. The van der Waals surface area contributed by atoms with E-state index in [1.165, 1.54) is 24.3 Å². The molecule has 0 aromatic heterocycles. The van der Waals surface area contributed by atoms with Crippen LogP contribution in [0.15, 0.2) is 42.5 Å². The predicted octanol–water partition coefficient (Wildman–Crippen LogP) is 4.04. The minimum Gasteiger partial charge on any atom is -0.484 e. The number of rotatable bonds is 10. The van der Waals surface area contributed by atoms with Crippen LogP contribution in [0.25, 0.3) is 12.2 Å². The van der Waals surface area contributed by atoms with Crippen molar-refractivity contribution in [2.24, 2.45) is 0 Å². The molecule has 8 nitrogen and oxygen atoms in total. The van der Waals surface area contributed by atoms with Crippen LogP contribution in [0.2, 0.25) is 0 Å². The molecule has 0 N–H and O–H groups in total. The van der Waals surface area contributed by atoms with Crippen LogP contribution in [0, 0.1) is 20.2 Å². The van der Waals surface area contributed by atoms with E-state index in [0.717, 1.165) is 5.56 Å². The van der Waals surface area contributed by atoms with Crippen LogP contribution in [0.3, 0.4) is 0 Å². The molecule has 0 aliphatic carbocycles. The molecule has 9 heteroatoms. The molecule has 0 aliphatic heterocycles. The molecule has 0 heterocycles. The van der Waals surface area contributed by atoms with Gasteiger partial charge < -0.3 is 9.47 Å². The summed E-state index contributed by atoms with van der Waals surface area (Å²) in [5.41, 5.74) is 1.20. The molecule has 142 valence electrons. The van der Waals surface area contributed by atoms with Crippen molar-refractivity contribution in [2.75, 3.05) is 26.5 Å². The van der Waals surface area contributed by atoms with Gasteiger partial charge in [0.25, 0.3) is 5.69 Å². The van der Waals surface area contributed by atoms with Gasteiger partial charge in [-0.2, -0.15) is 0 Å². The highest BCUT2D eigenvalue weighted by Crippen LogP contribution is 2.28. The Kier molecular flexibility index (Phi) is 7.38. The minimum atomic E-state index is -0.608. The standard InChI is InChI=1S/C18H17FN2O6/c19-9-10-26-11-12-27-18-13-15(5-8-17(18)21(24)25)2-1-14-3-6-16(7-4-14)20(22)23/h1-8,13H,9-12H2. The summed E-state index contributed by atoms with van der Waals surface area (Å²) < 4.78 is 22.3. The summed E-state index contributed by atoms with van der Waals surface area (Å²) in [7, 11) is 0. The number of alkyl halides is 1. The van der Waals surface area contributed by atoms with E-state index in [-0.39, 0.29) is 36.9 Å². The molecule has 0 saturated heterocycles. The highest BCUT2D eigenvalue weighted by molar-refractivity contribution is 5.71. The van der Waals surface area contributed by atoms with E-state index in [0.29, 0.717) is 5.56 Å². The van der Waals surface area contributed by atoms with Crippen LogP contribution in [0.4, 0.5) is 15.8 Å². The molecule has 2 aromatic carbocycles. The summed E-state index contributed by atoms with van der Waals surface area (Å²) in [6, 6.07) is 10.4. The Morgan fingerprint density at radius 2 is 1.56 bits per heavy atom. The van der Waals surface area contributed by atoms with E-state index < -0.39 is 16.5 Å². The van der Waals surface area contributed by atoms with Gasteiger partial charge in [0.05, 0.1) is 23.1 Å². The molecule has 2 aromatic rings. The molecule has 0 saturated carbocycles. The quantitative estimate of drug-likeness (QED) is 0.268. The smallest absolute Gasteiger partial charge is 0.310 e. The van der Waals surface area contributed by atoms with E-state index in [2.05, 4.69) is 0 Å². The molecule has 0 bridgehead atoms. The van der Waals surface area contributed by atoms with Crippen LogP contribution >= 0.6 is 0 Å². The van der Waals surface area contributed by atoms with Gasteiger partial charge in [-0.25, -0.2) is 4.39 Å². The third-order valence-electron chi connectivity index (χ3n) is 3.46. The lowest BCUT2D eigenvalue weighted by molar-refractivity contribution is -0.385. The van der Waals surface area contributed by atoms with Crippen molar-refractivity contribution in [2.45, 2.75) is 0 Å². The summed E-state index contributed by atoms with van der Waals surface area (Å²) in [4.78, 5) is 20.7. The Hall–Kier alpha value is -3.33. The second kappa shape index (κ2) is 9.97. The number of halogens is 1. The normalized spacial score (nSPS) is 10.9. The average Bonchev–Trinajstić information content (AvgIpc) is 2.66. The number of non-ortho nitro benzene ring substituents is 1. The molecular weight excluding hydrogens is 359 g/mol. The zero-order valence-electron chi connectivity index (χ0n) is 14.2. The van der Waals surface area contributed by atoms with Gasteiger partial charge in [-0.15, -0.1) is 0 Å². The van der Waals surface area contributed by atoms with E-state index in [4.69, 9.17) is 9.47 Å². The highest BCUT2D eigenvalue weighted by atomic mass is 19.1. The maximum absolute atomic E-state index is 12.0. The zero-order valence-corrected chi connectivity index (χ0v) is 14.2. The van der Waals surface area contributed by atoms with E-state index >= 15 is 0 Å². The molecule has 0 amide bonds. The molecule has 0 spiro atoms. The average molecular weight is 376 g/mol. The van der Waals surface area contributed by atoms with Gasteiger partial charge in [-0.3, -0.25) is 20.2 Å². The number of nitro benzene ring substituents is 2. The van der Waals surface area contributed by atoms with Gasteiger partial charge in [0.15, 0.2) is 5.75 Å². The fourth-order valence-corrected chi connectivity index (χ4v) is 2.17. The number of ether oxygens (including phenoxy) is 2. The molecule has 0 radical (unpaired) electrons. The Bertz CT molecular complexity index is 823. The van der Waals surface area contributed by atoms with Gasteiger partial charge >= 0.3 is 5.69 Å². The maximum atomic E-state index is 12.0. The zero-order chi connectivity index (χ0) is 19.6. The fraction of sp³-hybridized carbons (Fsp3) is 0.222. The lowest BCUT2D eigenvalue weighted by atomic mass is 10.1. The third kappa shape index (κ3) is 6.15. The summed E-state index contributed by atoms with van der Waals surface area (Å²) in [5, 5.41) is 21.8. The van der Waals surface area contributed by atoms with Crippen LogP contribution in [0.5, 0.6) is 5.75 Å². The minimum absolute atomic E-state index is 0.00634. The molecule has 27 heavy (non-hydrogen) atoms. The molecule has 0 atom stereocenters. The lowest BCUT2D eigenvalue weighted by Crippen LogP contribution is -2.09. The number of nitro groups is 2. The van der Waals surface area contributed by atoms with Gasteiger partial charge in [0, 0.05) is 18.2 Å². The largest absolute Gasteiger partial charge is 0.484 e. The Balaban J connectivity index is 2.10. The van der Waals surface area contributed by atoms with Gasteiger partial charge in [-0.05, 0) is 35.4 Å². The first-order chi connectivity index (χ1) is 13.0.